The second kappa shape index (κ2) is 3.72. The maximum Gasteiger partial charge on any atom is 0.0175 e. The predicted octanol–water partition coefficient (Wildman–Crippen LogP) is 3.87. The molecule has 0 fully saturated rings. The van der Waals surface area contributed by atoms with Crippen LogP contribution in [-0.2, 0) is 0 Å². The van der Waals surface area contributed by atoms with Gasteiger partial charge in [-0.1, -0.05) is 34.1 Å². The molecule has 0 saturated carbocycles. The van der Waals surface area contributed by atoms with Gasteiger partial charge in [0.25, 0.3) is 0 Å². The highest BCUT2D eigenvalue weighted by molar-refractivity contribution is 9.10. The van der Waals surface area contributed by atoms with E-state index in [-0.39, 0.29) is 0 Å². The van der Waals surface area contributed by atoms with E-state index in [1.807, 2.05) is 0 Å². The Bertz CT molecular complexity index is 257. The summed E-state index contributed by atoms with van der Waals surface area (Å²) in [6.45, 7) is 4.17. The lowest BCUT2D eigenvalue weighted by Crippen LogP contribution is -1.76. The molecule has 11 heavy (non-hydrogen) atoms. The highest BCUT2D eigenvalue weighted by Crippen LogP contribution is 2.16. The van der Waals surface area contributed by atoms with E-state index in [1.54, 1.807) is 0 Å². The topological polar surface area (TPSA) is 0 Å². The van der Waals surface area contributed by atoms with Crippen LogP contribution in [0.15, 0.2) is 34.8 Å². The number of hydrogen-bond donors (Lipinski definition) is 0. The molecule has 0 bridgehead atoms. The third-order valence-electron chi connectivity index (χ3n) is 1.73. The van der Waals surface area contributed by atoms with Gasteiger partial charge in [-0.15, -0.1) is 0 Å². The van der Waals surface area contributed by atoms with Crippen LogP contribution in [0.2, 0.25) is 0 Å². The van der Waals surface area contributed by atoms with Gasteiger partial charge in [0.1, 0.15) is 0 Å². The van der Waals surface area contributed by atoms with E-state index in [2.05, 4.69) is 60.1 Å². The summed E-state index contributed by atoms with van der Waals surface area (Å²) in [5, 5.41) is 0. The van der Waals surface area contributed by atoms with Crippen molar-refractivity contribution in [2.75, 3.05) is 0 Å². The van der Waals surface area contributed by atoms with Gasteiger partial charge in [0.15, 0.2) is 0 Å². The van der Waals surface area contributed by atoms with Crippen LogP contribution in [0.3, 0.4) is 0 Å². The SMILES string of the molecule is C/C=C(/C)c1ccc(Br)cc1. The Balaban J connectivity index is 2.99. The molecule has 1 aromatic rings. The van der Waals surface area contributed by atoms with Crippen LogP contribution in [0, 0.1) is 0 Å². The number of hydrogen-bond acceptors (Lipinski definition) is 0. The van der Waals surface area contributed by atoms with E-state index in [0.29, 0.717) is 0 Å². The van der Waals surface area contributed by atoms with Gasteiger partial charge >= 0.3 is 0 Å². The van der Waals surface area contributed by atoms with E-state index in [9.17, 15) is 0 Å². The van der Waals surface area contributed by atoms with Crippen molar-refractivity contribution in [1.82, 2.24) is 0 Å². The first-order chi connectivity index (χ1) is 5.24. The van der Waals surface area contributed by atoms with Crippen molar-refractivity contribution in [3.63, 3.8) is 0 Å². The summed E-state index contributed by atoms with van der Waals surface area (Å²) in [5.41, 5.74) is 2.60. The zero-order chi connectivity index (χ0) is 8.27. The molecule has 0 atom stereocenters. The Morgan fingerprint density at radius 1 is 1.27 bits per heavy atom. The standard InChI is InChI=1S/C10H11Br/c1-3-8(2)9-4-6-10(11)7-5-9/h3-7H,1-2H3/b8-3-. The Labute approximate surface area is 76.1 Å². The lowest BCUT2D eigenvalue weighted by atomic mass is 10.1. The fourth-order valence-corrected chi connectivity index (χ4v) is 1.14. The highest BCUT2D eigenvalue weighted by Gasteiger charge is 1.92. The Hall–Kier alpha value is -0.560. The average molecular weight is 211 g/mol. The van der Waals surface area contributed by atoms with Crippen LogP contribution >= 0.6 is 15.9 Å². The van der Waals surface area contributed by atoms with Crippen molar-refractivity contribution in [1.29, 1.82) is 0 Å². The van der Waals surface area contributed by atoms with Gasteiger partial charge in [-0.3, -0.25) is 0 Å². The molecule has 0 N–H and O–H groups in total. The number of halogens is 1. The van der Waals surface area contributed by atoms with Crippen molar-refractivity contribution < 1.29 is 0 Å². The summed E-state index contributed by atoms with van der Waals surface area (Å²) in [6, 6.07) is 8.34. The van der Waals surface area contributed by atoms with Crippen LogP contribution in [0.5, 0.6) is 0 Å². The quantitative estimate of drug-likeness (QED) is 0.661. The molecule has 0 amide bonds. The van der Waals surface area contributed by atoms with Gasteiger partial charge in [0, 0.05) is 4.47 Å². The molecular formula is C10H11Br. The van der Waals surface area contributed by atoms with Gasteiger partial charge in [-0.05, 0) is 37.1 Å². The summed E-state index contributed by atoms with van der Waals surface area (Å²) in [6.07, 6.45) is 2.11. The predicted molar refractivity (Wildman–Crippen MR) is 53.5 cm³/mol. The molecule has 58 valence electrons. The van der Waals surface area contributed by atoms with E-state index >= 15 is 0 Å². The largest absolute Gasteiger partial charge is 0.0841 e. The maximum absolute atomic E-state index is 3.40. The number of benzene rings is 1. The minimum atomic E-state index is 1.13. The average Bonchev–Trinajstić information content (AvgIpc) is 2.05. The molecule has 0 spiro atoms. The molecular weight excluding hydrogens is 200 g/mol. The lowest BCUT2D eigenvalue weighted by Gasteiger charge is -1.99. The minimum Gasteiger partial charge on any atom is -0.0841 e. The molecule has 1 rings (SSSR count). The molecule has 0 aromatic heterocycles. The fourth-order valence-electron chi connectivity index (χ4n) is 0.879. The van der Waals surface area contributed by atoms with Crippen LogP contribution in [0.4, 0.5) is 0 Å². The maximum atomic E-state index is 3.40. The van der Waals surface area contributed by atoms with Crippen molar-refractivity contribution in [3.8, 4) is 0 Å². The van der Waals surface area contributed by atoms with Crippen LogP contribution in [0.1, 0.15) is 19.4 Å². The van der Waals surface area contributed by atoms with Crippen LogP contribution in [-0.4, -0.2) is 0 Å². The van der Waals surface area contributed by atoms with Gasteiger partial charge in [-0.2, -0.15) is 0 Å². The normalized spacial score (nSPS) is 11.7. The Morgan fingerprint density at radius 3 is 2.27 bits per heavy atom. The first-order valence-corrected chi connectivity index (χ1v) is 4.42. The van der Waals surface area contributed by atoms with Crippen molar-refractivity contribution >= 4 is 21.5 Å². The minimum absolute atomic E-state index is 1.13. The molecule has 0 radical (unpaired) electrons. The smallest absolute Gasteiger partial charge is 0.0175 e. The Kier molecular flexibility index (Phi) is 2.89. The molecule has 1 aromatic carbocycles. The van der Waals surface area contributed by atoms with E-state index < -0.39 is 0 Å². The zero-order valence-corrected chi connectivity index (χ0v) is 8.35. The van der Waals surface area contributed by atoms with Crippen molar-refractivity contribution in [3.05, 3.63) is 40.4 Å². The first kappa shape index (κ1) is 8.54. The lowest BCUT2D eigenvalue weighted by molar-refractivity contribution is 1.52. The second-order valence-electron chi connectivity index (χ2n) is 2.48. The monoisotopic (exact) mass is 210 g/mol. The third-order valence-corrected chi connectivity index (χ3v) is 2.26. The summed E-state index contributed by atoms with van der Waals surface area (Å²) in [5.74, 6) is 0. The van der Waals surface area contributed by atoms with Crippen LogP contribution in [0.25, 0.3) is 5.57 Å². The summed E-state index contributed by atoms with van der Waals surface area (Å²) < 4.78 is 1.13. The van der Waals surface area contributed by atoms with Crippen LogP contribution < -0.4 is 0 Å². The molecule has 0 unspecified atom stereocenters. The van der Waals surface area contributed by atoms with Crippen molar-refractivity contribution in [2.45, 2.75) is 13.8 Å². The van der Waals surface area contributed by atoms with Gasteiger partial charge in [-0.25, -0.2) is 0 Å². The van der Waals surface area contributed by atoms with E-state index in [4.69, 9.17) is 0 Å². The number of allylic oxidation sites excluding steroid dienone is 2. The third kappa shape index (κ3) is 2.19. The van der Waals surface area contributed by atoms with Gasteiger partial charge in [0.05, 0.1) is 0 Å². The highest BCUT2D eigenvalue weighted by atomic mass is 79.9. The zero-order valence-electron chi connectivity index (χ0n) is 6.76. The molecule has 0 aliphatic rings. The van der Waals surface area contributed by atoms with Gasteiger partial charge < -0.3 is 0 Å². The van der Waals surface area contributed by atoms with Gasteiger partial charge in [0.2, 0.25) is 0 Å². The summed E-state index contributed by atoms with van der Waals surface area (Å²) in [4.78, 5) is 0. The summed E-state index contributed by atoms with van der Waals surface area (Å²) >= 11 is 3.40. The molecule has 0 heterocycles. The number of rotatable bonds is 1. The molecule has 0 aliphatic heterocycles. The molecule has 0 saturated heterocycles. The fraction of sp³-hybridized carbons (Fsp3) is 0.200. The van der Waals surface area contributed by atoms with E-state index in [1.165, 1.54) is 11.1 Å². The molecule has 0 aliphatic carbocycles. The first-order valence-electron chi connectivity index (χ1n) is 3.63. The van der Waals surface area contributed by atoms with Crippen molar-refractivity contribution in [2.24, 2.45) is 0 Å². The summed E-state index contributed by atoms with van der Waals surface area (Å²) in [7, 11) is 0. The van der Waals surface area contributed by atoms with E-state index in [0.717, 1.165) is 4.47 Å². The molecule has 1 heteroatoms. The molecule has 0 nitrogen and oxygen atoms in total. The second-order valence-corrected chi connectivity index (χ2v) is 3.39. The Morgan fingerprint density at radius 2 is 1.82 bits per heavy atom.